The van der Waals surface area contributed by atoms with E-state index in [1.165, 1.54) is 11.8 Å². The van der Waals surface area contributed by atoms with Gasteiger partial charge in [0.15, 0.2) is 0 Å². The number of thioether (sulfide) groups is 1. The van der Waals surface area contributed by atoms with E-state index < -0.39 is 11.7 Å². The standard InChI is InChI=1S/C11H17N3O3S/c1-7-8(10(15)16)9(13-11(17)12-7)18-6-4-5-14(2)3/h4-6H2,1-3H3,(H,15,16)(H,12,13,17). The van der Waals surface area contributed by atoms with Crippen LogP contribution in [0.5, 0.6) is 0 Å². The summed E-state index contributed by atoms with van der Waals surface area (Å²) in [5.74, 6) is -0.333. The van der Waals surface area contributed by atoms with Gasteiger partial charge in [-0.15, -0.1) is 11.8 Å². The Balaban J connectivity index is 2.81. The molecule has 0 aliphatic heterocycles. The fourth-order valence-electron chi connectivity index (χ4n) is 1.47. The molecule has 0 unspecified atom stereocenters. The van der Waals surface area contributed by atoms with Gasteiger partial charge in [0, 0.05) is 11.4 Å². The molecule has 1 rings (SSSR count). The molecule has 0 atom stereocenters. The third kappa shape index (κ3) is 4.15. The number of carboxylic acids is 1. The normalized spacial score (nSPS) is 10.9. The van der Waals surface area contributed by atoms with Crippen LogP contribution in [0, 0.1) is 6.92 Å². The molecule has 0 aliphatic carbocycles. The lowest BCUT2D eigenvalue weighted by Crippen LogP contribution is -2.18. The first-order chi connectivity index (χ1) is 8.41. The summed E-state index contributed by atoms with van der Waals surface area (Å²) in [4.78, 5) is 30.5. The summed E-state index contributed by atoms with van der Waals surface area (Å²) in [6, 6.07) is 0. The second-order valence-electron chi connectivity index (χ2n) is 4.16. The number of nitrogens with zero attached hydrogens (tertiary/aromatic N) is 2. The van der Waals surface area contributed by atoms with Crippen LogP contribution in [0.25, 0.3) is 0 Å². The number of hydrogen-bond acceptors (Lipinski definition) is 5. The first-order valence-electron chi connectivity index (χ1n) is 5.53. The summed E-state index contributed by atoms with van der Waals surface area (Å²) >= 11 is 1.31. The van der Waals surface area contributed by atoms with Crippen LogP contribution < -0.4 is 5.69 Å². The molecule has 100 valence electrons. The van der Waals surface area contributed by atoms with Gasteiger partial charge in [0.25, 0.3) is 0 Å². The molecule has 2 N–H and O–H groups in total. The number of nitrogens with one attached hydrogen (secondary N) is 1. The number of aromatic nitrogens is 2. The zero-order chi connectivity index (χ0) is 13.7. The highest BCUT2D eigenvalue weighted by Gasteiger charge is 2.16. The maximum absolute atomic E-state index is 11.2. The summed E-state index contributed by atoms with van der Waals surface area (Å²) in [5, 5.41) is 9.39. The summed E-state index contributed by atoms with van der Waals surface area (Å²) in [6.45, 7) is 2.48. The molecule has 18 heavy (non-hydrogen) atoms. The second kappa shape index (κ2) is 6.55. The van der Waals surface area contributed by atoms with Gasteiger partial charge in [-0.05, 0) is 34.0 Å². The van der Waals surface area contributed by atoms with Gasteiger partial charge in [-0.1, -0.05) is 0 Å². The summed E-state index contributed by atoms with van der Waals surface area (Å²) < 4.78 is 0. The highest BCUT2D eigenvalue weighted by molar-refractivity contribution is 7.99. The van der Waals surface area contributed by atoms with E-state index in [4.69, 9.17) is 5.11 Å². The van der Waals surface area contributed by atoms with Crippen molar-refractivity contribution in [2.24, 2.45) is 0 Å². The third-order valence-corrected chi connectivity index (χ3v) is 3.35. The number of aromatic amines is 1. The molecule has 6 nitrogen and oxygen atoms in total. The Bertz CT molecular complexity index is 485. The molecule has 0 fully saturated rings. The van der Waals surface area contributed by atoms with Gasteiger partial charge in [-0.2, -0.15) is 4.98 Å². The van der Waals surface area contributed by atoms with Crippen LogP contribution in [0.3, 0.4) is 0 Å². The van der Waals surface area contributed by atoms with Gasteiger partial charge >= 0.3 is 11.7 Å². The Morgan fingerprint density at radius 2 is 2.17 bits per heavy atom. The van der Waals surface area contributed by atoms with Crippen molar-refractivity contribution in [1.29, 1.82) is 0 Å². The van der Waals surface area contributed by atoms with Crippen molar-refractivity contribution in [2.75, 3.05) is 26.4 Å². The van der Waals surface area contributed by atoms with Crippen LogP contribution in [-0.4, -0.2) is 52.3 Å². The lowest BCUT2D eigenvalue weighted by atomic mass is 10.2. The maximum Gasteiger partial charge on any atom is 0.346 e. The molecule has 7 heteroatoms. The molecule has 1 aromatic heterocycles. The monoisotopic (exact) mass is 271 g/mol. The van der Waals surface area contributed by atoms with Gasteiger partial charge < -0.3 is 15.0 Å². The van der Waals surface area contributed by atoms with Crippen molar-refractivity contribution in [2.45, 2.75) is 18.4 Å². The Kier molecular flexibility index (Phi) is 5.36. The zero-order valence-corrected chi connectivity index (χ0v) is 11.5. The average molecular weight is 271 g/mol. The number of rotatable bonds is 6. The van der Waals surface area contributed by atoms with Crippen LogP contribution in [-0.2, 0) is 0 Å². The quantitative estimate of drug-likeness (QED) is 0.452. The van der Waals surface area contributed by atoms with Crippen LogP contribution in [0.15, 0.2) is 9.82 Å². The van der Waals surface area contributed by atoms with Crippen molar-refractivity contribution in [3.05, 3.63) is 21.7 Å². The predicted molar refractivity (Wildman–Crippen MR) is 70.4 cm³/mol. The first kappa shape index (κ1) is 14.7. The van der Waals surface area contributed by atoms with E-state index in [-0.39, 0.29) is 5.56 Å². The van der Waals surface area contributed by atoms with Crippen molar-refractivity contribution >= 4 is 17.7 Å². The summed E-state index contributed by atoms with van der Waals surface area (Å²) in [6.07, 6.45) is 0.907. The van der Waals surface area contributed by atoms with Crippen LogP contribution in [0.2, 0.25) is 0 Å². The molecule has 1 aromatic rings. The number of carboxylic acid groups (broad SMARTS) is 1. The minimum atomic E-state index is -1.06. The molecular formula is C11H17N3O3S. The minimum Gasteiger partial charge on any atom is -0.478 e. The van der Waals surface area contributed by atoms with E-state index in [9.17, 15) is 9.59 Å². The lowest BCUT2D eigenvalue weighted by molar-refractivity contribution is 0.0690. The zero-order valence-electron chi connectivity index (χ0n) is 10.7. The Labute approximate surface area is 109 Å². The van der Waals surface area contributed by atoms with Crippen molar-refractivity contribution < 1.29 is 9.90 Å². The molecule has 0 radical (unpaired) electrons. The van der Waals surface area contributed by atoms with Crippen LogP contribution in [0.4, 0.5) is 0 Å². The highest BCUT2D eigenvalue weighted by Crippen LogP contribution is 2.21. The van der Waals surface area contributed by atoms with E-state index in [0.717, 1.165) is 18.7 Å². The Morgan fingerprint density at radius 3 is 2.72 bits per heavy atom. The molecule has 1 heterocycles. The predicted octanol–water partition coefficient (Wildman–Crippen LogP) is 0.820. The molecule has 0 aliphatic rings. The number of carbonyl (C=O) groups is 1. The number of hydrogen-bond donors (Lipinski definition) is 2. The van der Waals surface area contributed by atoms with Crippen molar-refractivity contribution in [3.8, 4) is 0 Å². The van der Waals surface area contributed by atoms with Crippen molar-refractivity contribution in [3.63, 3.8) is 0 Å². The highest BCUT2D eigenvalue weighted by atomic mass is 32.2. The van der Waals surface area contributed by atoms with Gasteiger partial charge in [0.05, 0.1) is 0 Å². The van der Waals surface area contributed by atoms with Crippen LogP contribution in [0.1, 0.15) is 22.5 Å². The van der Waals surface area contributed by atoms with E-state index in [2.05, 4.69) is 14.9 Å². The molecule has 0 spiro atoms. The molecule has 0 saturated carbocycles. The first-order valence-corrected chi connectivity index (χ1v) is 6.52. The Morgan fingerprint density at radius 1 is 1.50 bits per heavy atom. The van der Waals surface area contributed by atoms with E-state index in [1.807, 2.05) is 14.1 Å². The van der Waals surface area contributed by atoms with Crippen LogP contribution >= 0.6 is 11.8 Å². The number of H-pyrrole nitrogens is 1. The van der Waals surface area contributed by atoms with Gasteiger partial charge in [0.2, 0.25) is 0 Å². The second-order valence-corrected chi connectivity index (χ2v) is 5.24. The molecule has 0 aromatic carbocycles. The molecular weight excluding hydrogens is 254 g/mol. The number of aromatic carboxylic acids is 1. The molecule has 0 amide bonds. The average Bonchev–Trinajstić information content (AvgIpc) is 2.22. The van der Waals surface area contributed by atoms with E-state index >= 15 is 0 Å². The third-order valence-electron chi connectivity index (χ3n) is 2.29. The minimum absolute atomic E-state index is 0.0875. The summed E-state index contributed by atoms with van der Waals surface area (Å²) in [5.41, 5.74) is -0.0744. The van der Waals surface area contributed by atoms with Gasteiger partial charge in [0.1, 0.15) is 10.6 Å². The summed E-state index contributed by atoms with van der Waals surface area (Å²) in [7, 11) is 3.95. The fraction of sp³-hybridized carbons (Fsp3) is 0.545. The van der Waals surface area contributed by atoms with E-state index in [0.29, 0.717) is 10.7 Å². The smallest absolute Gasteiger partial charge is 0.346 e. The molecule has 0 saturated heterocycles. The SMILES string of the molecule is Cc1[nH]c(=O)nc(SCCCN(C)C)c1C(=O)O. The topological polar surface area (TPSA) is 86.3 Å². The molecule has 0 bridgehead atoms. The van der Waals surface area contributed by atoms with Crippen molar-refractivity contribution in [1.82, 2.24) is 14.9 Å². The Hall–Kier alpha value is -1.34. The number of aryl methyl sites for hydroxylation is 1. The lowest BCUT2D eigenvalue weighted by Gasteiger charge is -2.09. The largest absolute Gasteiger partial charge is 0.478 e. The van der Waals surface area contributed by atoms with Gasteiger partial charge in [-0.3, -0.25) is 0 Å². The van der Waals surface area contributed by atoms with Gasteiger partial charge in [-0.25, -0.2) is 9.59 Å². The van der Waals surface area contributed by atoms with E-state index in [1.54, 1.807) is 6.92 Å². The fourth-order valence-corrected chi connectivity index (χ4v) is 2.46. The maximum atomic E-state index is 11.2.